The van der Waals surface area contributed by atoms with Gasteiger partial charge in [-0.1, -0.05) is 6.42 Å². The van der Waals surface area contributed by atoms with Crippen LogP contribution in [0.25, 0.3) is 0 Å². The monoisotopic (exact) mass is 303 g/mol. The zero-order valence-electron chi connectivity index (χ0n) is 11.1. The molecule has 19 heavy (non-hydrogen) atoms. The highest BCUT2D eigenvalue weighted by molar-refractivity contribution is 7.89. The zero-order chi connectivity index (χ0) is 13.9. The number of hydrogen-bond acceptors (Lipinski definition) is 5. The van der Waals surface area contributed by atoms with E-state index in [1.165, 1.54) is 24.2 Å². The number of nitrogens with one attached hydrogen (secondary N) is 1. The number of sulfonamides is 1. The first-order valence-corrected chi connectivity index (χ1v) is 8.86. The minimum absolute atomic E-state index is 0.302. The van der Waals surface area contributed by atoms with Crippen molar-refractivity contribution in [2.24, 2.45) is 5.73 Å². The highest BCUT2D eigenvalue weighted by Crippen LogP contribution is 2.19. The van der Waals surface area contributed by atoms with E-state index in [4.69, 9.17) is 5.73 Å². The van der Waals surface area contributed by atoms with Gasteiger partial charge in [0, 0.05) is 29.4 Å². The maximum atomic E-state index is 12.1. The Bertz CT molecular complexity index is 513. The molecule has 1 aliphatic heterocycles. The Morgan fingerprint density at radius 1 is 1.53 bits per heavy atom. The van der Waals surface area contributed by atoms with Gasteiger partial charge in [0.05, 0.1) is 4.90 Å². The Morgan fingerprint density at radius 2 is 2.32 bits per heavy atom. The summed E-state index contributed by atoms with van der Waals surface area (Å²) >= 11 is 1.38. The van der Waals surface area contributed by atoms with Crippen LogP contribution in [0.5, 0.6) is 0 Å². The predicted octanol–water partition coefficient (Wildman–Crippen LogP) is 0.969. The highest BCUT2D eigenvalue weighted by atomic mass is 32.2. The lowest BCUT2D eigenvalue weighted by Crippen LogP contribution is -2.44. The van der Waals surface area contributed by atoms with Crippen LogP contribution in [0.3, 0.4) is 0 Å². The lowest BCUT2D eigenvalue weighted by atomic mass is 10.0. The van der Waals surface area contributed by atoms with Crippen LogP contribution < -0.4 is 10.5 Å². The van der Waals surface area contributed by atoms with Gasteiger partial charge in [0.1, 0.15) is 0 Å². The van der Waals surface area contributed by atoms with Crippen molar-refractivity contribution in [2.45, 2.75) is 36.7 Å². The first-order chi connectivity index (χ1) is 9.03. The van der Waals surface area contributed by atoms with E-state index in [2.05, 4.69) is 16.7 Å². The van der Waals surface area contributed by atoms with Gasteiger partial charge in [-0.25, -0.2) is 13.1 Å². The van der Waals surface area contributed by atoms with Gasteiger partial charge in [-0.05, 0) is 32.5 Å². The van der Waals surface area contributed by atoms with Gasteiger partial charge in [0.15, 0.2) is 0 Å². The lowest BCUT2D eigenvalue weighted by molar-refractivity contribution is 0.187. The second kappa shape index (κ2) is 6.32. The SMILES string of the molecule is CN1CCCCC1CNS(=O)(=O)c1csc(CN)c1. The molecular formula is C12H21N3O2S2. The number of rotatable bonds is 5. The summed E-state index contributed by atoms with van der Waals surface area (Å²) in [5.74, 6) is 0. The first-order valence-electron chi connectivity index (χ1n) is 6.50. The summed E-state index contributed by atoms with van der Waals surface area (Å²) in [6, 6.07) is 1.95. The van der Waals surface area contributed by atoms with E-state index in [1.54, 1.807) is 11.4 Å². The molecule has 1 atom stereocenters. The van der Waals surface area contributed by atoms with Crippen LogP contribution in [0.1, 0.15) is 24.1 Å². The van der Waals surface area contributed by atoms with E-state index in [-0.39, 0.29) is 0 Å². The van der Waals surface area contributed by atoms with Crippen molar-refractivity contribution in [1.82, 2.24) is 9.62 Å². The van der Waals surface area contributed by atoms with E-state index >= 15 is 0 Å². The Morgan fingerprint density at radius 3 is 2.95 bits per heavy atom. The lowest BCUT2D eigenvalue weighted by Gasteiger charge is -2.32. The van der Waals surface area contributed by atoms with E-state index in [0.29, 0.717) is 24.0 Å². The molecule has 7 heteroatoms. The predicted molar refractivity (Wildman–Crippen MR) is 77.7 cm³/mol. The Kier molecular flexibility index (Phi) is 4.97. The van der Waals surface area contributed by atoms with Gasteiger partial charge < -0.3 is 10.6 Å². The van der Waals surface area contributed by atoms with Gasteiger partial charge in [-0.3, -0.25) is 0 Å². The maximum Gasteiger partial charge on any atom is 0.241 e. The van der Waals surface area contributed by atoms with Crippen LogP contribution in [-0.2, 0) is 16.6 Å². The molecule has 1 saturated heterocycles. The minimum Gasteiger partial charge on any atom is -0.326 e. The largest absolute Gasteiger partial charge is 0.326 e. The van der Waals surface area contributed by atoms with Crippen LogP contribution >= 0.6 is 11.3 Å². The molecule has 0 spiro atoms. The Hall–Kier alpha value is -0.470. The summed E-state index contributed by atoms with van der Waals surface area (Å²) in [6.07, 6.45) is 3.42. The van der Waals surface area contributed by atoms with Gasteiger partial charge >= 0.3 is 0 Å². The molecular weight excluding hydrogens is 282 g/mol. The topological polar surface area (TPSA) is 75.4 Å². The normalized spacial score (nSPS) is 21.7. The van der Waals surface area contributed by atoms with Crippen LogP contribution in [0, 0.1) is 0 Å². The molecule has 2 rings (SSSR count). The quantitative estimate of drug-likeness (QED) is 0.850. The third kappa shape index (κ3) is 3.76. The van der Waals surface area contributed by atoms with Gasteiger partial charge in [0.25, 0.3) is 0 Å². The smallest absolute Gasteiger partial charge is 0.241 e. The third-order valence-electron chi connectivity index (χ3n) is 3.57. The van der Waals surface area contributed by atoms with Crippen LogP contribution in [0.4, 0.5) is 0 Å². The number of hydrogen-bond donors (Lipinski definition) is 2. The van der Waals surface area contributed by atoms with Crippen molar-refractivity contribution < 1.29 is 8.42 Å². The molecule has 0 saturated carbocycles. The number of piperidine rings is 1. The fourth-order valence-electron chi connectivity index (χ4n) is 2.30. The van der Waals surface area contributed by atoms with Crippen LogP contribution in [0.15, 0.2) is 16.3 Å². The van der Waals surface area contributed by atoms with Crippen molar-refractivity contribution in [2.75, 3.05) is 20.1 Å². The number of thiophene rings is 1. The van der Waals surface area contributed by atoms with Gasteiger partial charge in [-0.15, -0.1) is 11.3 Å². The van der Waals surface area contributed by atoms with E-state index < -0.39 is 10.0 Å². The Labute approximate surface area is 118 Å². The van der Waals surface area contributed by atoms with Crippen molar-refractivity contribution >= 4 is 21.4 Å². The average Bonchev–Trinajstić information content (AvgIpc) is 2.87. The fraction of sp³-hybridized carbons (Fsp3) is 0.667. The second-order valence-electron chi connectivity index (χ2n) is 4.93. The summed E-state index contributed by atoms with van der Waals surface area (Å²) in [5, 5.41) is 1.65. The molecule has 0 radical (unpaired) electrons. The molecule has 1 fully saturated rings. The molecule has 1 aromatic rings. The zero-order valence-corrected chi connectivity index (χ0v) is 12.8. The fourth-order valence-corrected chi connectivity index (χ4v) is 4.53. The molecule has 1 aliphatic rings. The van der Waals surface area contributed by atoms with E-state index in [1.807, 2.05) is 0 Å². The third-order valence-corrected chi connectivity index (χ3v) is 6.08. The Balaban J connectivity index is 1.97. The summed E-state index contributed by atoms with van der Waals surface area (Å²) in [5.41, 5.74) is 5.50. The molecule has 0 aliphatic carbocycles. The molecule has 2 heterocycles. The molecule has 1 aromatic heterocycles. The second-order valence-corrected chi connectivity index (χ2v) is 7.70. The van der Waals surface area contributed by atoms with Crippen molar-refractivity contribution in [1.29, 1.82) is 0 Å². The van der Waals surface area contributed by atoms with E-state index in [9.17, 15) is 8.42 Å². The van der Waals surface area contributed by atoms with Crippen molar-refractivity contribution in [3.63, 3.8) is 0 Å². The first kappa shape index (κ1) is 14.9. The summed E-state index contributed by atoms with van der Waals surface area (Å²) in [6.45, 7) is 1.90. The van der Waals surface area contributed by atoms with Crippen LogP contribution in [-0.4, -0.2) is 39.5 Å². The molecule has 0 amide bonds. The van der Waals surface area contributed by atoms with Gasteiger partial charge in [-0.2, -0.15) is 0 Å². The summed E-state index contributed by atoms with van der Waals surface area (Å²) < 4.78 is 27.0. The van der Waals surface area contributed by atoms with Crippen LogP contribution in [0.2, 0.25) is 0 Å². The minimum atomic E-state index is -3.39. The van der Waals surface area contributed by atoms with Crippen molar-refractivity contribution in [3.8, 4) is 0 Å². The van der Waals surface area contributed by atoms with E-state index in [0.717, 1.165) is 17.8 Å². The molecule has 1 unspecified atom stereocenters. The number of nitrogens with two attached hydrogens (primary N) is 1. The number of nitrogens with zero attached hydrogens (tertiary/aromatic N) is 1. The summed E-state index contributed by atoms with van der Waals surface area (Å²) in [7, 11) is -1.34. The number of likely N-dealkylation sites (N-methyl/N-ethyl adjacent to an activating group) is 1. The molecule has 0 bridgehead atoms. The molecule has 3 N–H and O–H groups in total. The average molecular weight is 303 g/mol. The molecule has 108 valence electrons. The van der Waals surface area contributed by atoms with Crippen molar-refractivity contribution in [3.05, 3.63) is 16.3 Å². The number of likely N-dealkylation sites (tertiary alicyclic amines) is 1. The molecule has 5 nitrogen and oxygen atoms in total. The maximum absolute atomic E-state index is 12.1. The molecule has 0 aromatic carbocycles. The summed E-state index contributed by atoms with van der Waals surface area (Å²) in [4.78, 5) is 3.44. The highest BCUT2D eigenvalue weighted by Gasteiger charge is 2.22. The standard InChI is InChI=1S/C12H21N3O2S2/c1-15-5-3-2-4-10(15)8-14-19(16,17)12-6-11(7-13)18-9-12/h6,9-10,14H,2-5,7-8,13H2,1H3. The van der Waals surface area contributed by atoms with Gasteiger partial charge in [0.2, 0.25) is 10.0 Å².